The quantitative estimate of drug-likeness (QED) is 0.785. The summed E-state index contributed by atoms with van der Waals surface area (Å²) in [5, 5.41) is 0. The molecule has 0 bridgehead atoms. The van der Waals surface area contributed by atoms with Gasteiger partial charge < -0.3 is 14.4 Å². The fourth-order valence-electron chi connectivity index (χ4n) is 4.45. The number of aryl methyl sites for hydroxylation is 1. The third kappa shape index (κ3) is 3.51. The Morgan fingerprint density at radius 2 is 2.00 bits per heavy atom. The van der Waals surface area contributed by atoms with Gasteiger partial charge in [0, 0.05) is 57.0 Å². The zero-order valence-electron chi connectivity index (χ0n) is 15.8. The monoisotopic (exact) mass is 358 g/mol. The van der Waals surface area contributed by atoms with Crippen LogP contribution < -0.4 is 0 Å². The van der Waals surface area contributed by atoms with Crippen LogP contribution in [0.25, 0.3) is 0 Å². The van der Waals surface area contributed by atoms with Crippen LogP contribution in [-0.4, -0.2) is 56.8 Å². The first kappa shape index (κ1) is 17.6. The van der Waals surface area contributed by atoms with Crippen LogP contribution in [0, 0.1) is 5.92 Å². The molecule has 2 saturated heterocycles. The van der Waals surface area contributed by atoms with Gasteiger partial charge in [0.05, 0.1) is 5.92 Å². The lowest BCUT2D eigenvalue weighted by Gasteiger charge is -2.33. The molecular formula is C20H30N4O2. The average molecular weight is 358 g/mol. The van der Waals surface area contributed by atoms with Crippen molar-refractivity contribution < 1.29 is 9.59 Å². The van der Waals surface area contributed by atoms with E-state index in [4.69, 9.17) is 0 Å². The number of amides is 2. The summed E-state index contributed by atoms with van der Waals surface area (Å²) >= 11 is 0. The highest BCUT2D eigenvalue weighted by Crippen LogP contribution is 2.34. The van der Waals surface area contributed by atoms with Crippen molar-refractivity contribution in [3.8, 4) is 0 Å². The van der Waals surface area contributed by atoms with Crippen molar-refractivity contribution in [1.29, 1.82) is 0 Å². The van der Waals surface area contributed by atoms with Crippen LogP contribution in [0.5, 0.6) is 0 Å². The molecule has 1 saturated carbocycles. The molecule has 1 atom stereocenters. The van der Waals surface area contributed by atoms with Gasteiger partial charge in [0.25, 0.3) is 0 Å². The molecule has 3 fully saturated rings. The van der Waals surface area contributed by atoms with Gasteiger partial charge in [0.2, 0.25) is 11.8 Å². The van der Waals surface area contributed by atoms with Crippen molar-refractivity contribution in [3.05, 3.63) is 18.2 Å². The number of hydrogen-bond acceptors (Lipinski definition) is 3. The molecule has 0 radical (unpaired) electrons. The maximum atomic E-state index is 12.9. The van der Waals surface area contributed by atoms with Gasteiger partial charge in [-0.3, -0.25) is 9.59 Å². The van der Waals surface area contributed by atoms with Crippen LogP contribution in [0.15, 0.2) is 12.4 Å². The summed E-state index contributed by atoms with van der Waals surface area (Å²) in [7, 11) is 0. The summed E-state index contributed by atoms with van der Waals surface area (Å²) < 4.78 is 2.29. The van der Waals surface area contributed by atoms with Crippen LogP contribution in [-0.2, 0) is 16.1 Å². The average Bonchev–Trinajstić information content (AvgIpc) is 3.27. The van der Waals surface area contributed by atoms with Crippen molar-refractivity contribution in [1.82, 2.24) is 19.4 Å². The molecule has 6 nitrogen and oxygen atoms in total. The highest BCUT2D eigenvalue weighted by Gasteiger charge is 2.43. The van der Waals surface area contributed by atoms with Crippen molar-refractivity contribution in [3.63, 3.8) is 0 Å². The molecule has 26 heavy (non-hydrogen) atoms. The summed E-state index contributed by atoms with van der Waals surface area (Å²) in [6.07, 6.45) is 10.9. The SMILES string of the molecule is CCCCn1ccnc1C1CCN(C(=O)[C@@H]2CC(=O)N(C3CC3)C2)CC1. The maximum Gasteiger partial charge on any atom is 0.227 e. The topological polar surface area (TPSA) is 58.4 Å². The molecule has 0 spiro atoms. The number of hydrogen-bond donors (Lipinski definition) is 0. The normalized spacial score (nSPS) is 24.5. The first-order valence-corrected chi connectivity index (χ1v) is 10.3. The summed E-state index contributed by atoms with van der Waals surface area (Å²) in [5.74, 6) is 1.87. The lowest BCUT2D eigenvalue weighted by atomic mass is 9.94. The lowest BCUT2D eigenvalue weighted by Crippen LogP contribution is -2.42. The highest BCUT2D eigenvalue weighted by molar-refractivity contribution is 5.89. The summed E-state index contributed by atoms with van der Waals surface area (Å²) in [6, 6.07) is 0.424. The number of unbranched alkanes of at least 4 members (excludes halogenated alkanes) is 1. The van der Waals surface area contributed by atoms with E-state index < -0.39 is 0 Å². The molecule has 2 amide bonds. The molecule has 6 heteroatoms. The van der Waals surface area contributed by atoms with Gasteiger partial charge in [-0.05, 0) is 32.1 Å². The highest BCUT2D eigenvalue weighted by atomic mass is 16.2. The number of imidazole rings is 1. The molecular weight excluding hydrogens is 328 g/mol. The second-order valence-corrected chi connectivity index (χ2v) is 8.11. The first-order chi connectivity index (χ1) is 12.7. The van der Waals surface area contributed by atoms with Gasteiger partial charge in [-0.25, -0.2) is 4.98 Å². The minimum atomic E-state index is -0.119. The zero-order valence-corrected chi connectivity index (χ0v) is 15.8. The second kappa shape index (κ2) is 7.41. The first-order valence-electron chi connectivity index (χ1n) is 10.3. The van der Waals surface area contributed by atoms with E-state index in [-0.39, 0.29) is 17.7 Å². The molecule has 1 aromatic heterocycles. The van der Waals surface area contributed by atoms with E-state index in [1.807, 2.05) is 16.0 Å². The lowest BCUT2D eigenvalue weighted by molar-refractivity contribution is -0.136. The van der Waals surface area contributed by atoms with E-state index in [9.17, 15) is 9.59 Å². The van der Waals surface area contributed by atoms with E-state index in [0.717, 1.165) is 45.3 Å². The Hall–Kier alpha value is -1.85. The molecule has 2 aliphatic heterocycles. The van der Waals surface area contributed by atoms with Gasteiger partial charge in [0.15, 0.2) is 0 Å². The Labute approximate surface area is 155 Å². The Morgan fingerprint density at radius 1 is 1.23 bits per heavy atom. The second-order valence-electron chi connectivity index (χ2n) is 8.11. The van der Waals surface area contributed by atoms with E-state index in [1.165, 1.54) is 18.7 Å². The van der Waals surface area contributed by atoms with Gasteiger partial charge in [-0.15, -0.1) is 0 Å². The molecule has 3 heterocycles. The van der Waals surface area contributed by atoms with Crippen molar-refractivity contribution in [2.75, 3.05) is 19.6 Å². The summed E-state index contributed by atoms with van der Waals surface area (Å²) in [4.78, 5) is 33.5. The fourth-order valence-corrected chi connectivity index (χ4v) is 4.45. The van der Waals surface area contributed by atoms with E-state index in [0.29, 0.717) is 24.9 Å². The molecule has 0 N–H and O–H groups in total. The number of piperidine rings is 1. The Balaban J connectivity index is 1.31. The van der Waals surface area contributed by atoms with Crippen LogP contribution >= 0.6 is 0 Å². The van der Waals surface area contributed by atoms with Crippen molar-refractivity contribution in [2.45, 2.75) is 70.4 Å². The molecule has 1 aliphatic carbocycles. The third-order valence-corrected chi connectivity index (χ3v) is 6.17. The van der Waals surface area contributed by atoms with Gasteiger partial charge in [-0.2, -0.15) is 0 Å². The van der Waals surface area contributed by atoms with E-state index in [2.05, 4.69) is 22.7 Å². The van der Waals surface area contributed by atoms with Crippen LogP contribution in [0.4, 0.5) is 0 Å². The minimum absolute atomic E-state index is 0.119. The van der Waals surface area contributed by atoms with E-state index >= 15 is 0 Å². The smallest absolute Gasteiger partial charge is 0.227 e. The number of likely N-dealkylation sites (tertiary alicyclic amines) is 2. The number of carbonyl (C=O) groups is 2. The van der Waals surface area contributed by atoms with Crippen molar-refractivity contribution in [2.24, 2.45) is 5.92 Å². The summed E-state index contributed by atoms with van der Waals surface area (Å²) in [5.41, 5.74) is 0. The van der Waals surface area contributed by atoms with Gasteiger partial charge >= 0.3 is 0 Å². The largest absolute Gasteiger partial charge is 0.342 e. The minimum Gasteiger partial charge on any atom is -0.342 e. The molecule has 3 aliphatic rings. The Bertz CT molecular complexity index is 659. The summed E-state index contributed by atoms with van der Waals surface area (Å²) in [6.45, 7) is 5.46. The van der Waals surface area contributed by atoms with Crippen LogP contribution in [0.1, 0.15) is 63.6 Å². The number of nitrogens with zero attached hydrogens (tertiary/aromatic N) is 4. The van der Waals surface area contributed by atoms with Gasteiger partial charge in [0.1, 0.15) is 5.82 Å². The molecule has 1 aromatic rings. The van der Waals surface area contributed by atoms with Gasteiger partial charge in [-0.1, -0.05) is 13.3 Å². The zero-order chi connectivity index (χ0) is 18.1. The number of carbonyl (C=O) groups excluding carboxylic acids is 2. The number of rotatable bonds is 6. The predicted octanol–water partition coefficient (Wildman–Crippen LogP) is 2.40. The van der Waals surface area contributed by atoms with E-state index in [1.54, 1.807) is 0 Å². The molecule has 4 rings (SSSR count). The number of aromatic nitrogens is 2. The third-order valence-electron chi connectivity index (χ3n) is 6.17. The Morgan fingerprint density at radius 3 is 2.69 bits per heavy atom. The molecule has 0 aromatic carbocycles. The van der Waals surface area contributed by atoms with Crippen LogP contribution in [0.3, 0.4) is 0 Å². The molecule has 0 unspecified atom stereocenters. The Kier molecular flexibility index (Phi) is 5.00. The fraction of sp³-hybridized carbons (Fsp3) is 0.750. The standard InChI is InChI=1S/C20H30N4O2/c1-2-3-9-22-12-8-21-19(22)15-6-10-23(11-7-15)20(26)16-13-18(25)24(14-16)17-4-5-17/h8,12,15-17H,2-7,9-11,13-14H2,1H3/t16-/m1/s1. The van der Waals surface area contributed by atoms with Crippen LogP contribution in [0.2, 0.25) is 0 Å². The molecule has 142 valence electrons. The predicted molar refractivity (Wildman–Crippen MR) is 98.5 cm³/mol. The van der Waals surface area contributed by atoms with Crippen molar-refractivity contribution >= 4 is 11.8 Å². The maximum absolute atomic E-state index is 12.9.